The topological polar surface area (TPSA) is 631 Å². The van der Waals surface area contributed by atoms with Crippen LogP contribution in [0.4, 0.5) is 20.2 Å². The van der Waals surface area contributed by atoms with Crippen LogP contribution >= 0.6 is 11.8 Å². The number of aromatic nitrogens is 3. The first kappa shape index (κ1) is 103. The Kier molecular flexibility index (Phi) is 39.6. The predicted octanol–water partition coefficient (Wildman–Crippen LogP) is 0.404. The number of fused-ring (bicyclic) bond motifs is 1. The van der Waals surface area contributed by atoms with E-state index in [9.17, 15) is 92.0 Å². The molecule has 0 radical (unpaired) electrons. The molecule has 3 fully saturated rings. The number of aromatic amines is 1. The fraction of sp³-hybridized carbons (Fsp3) is 0.600. The first-order chi connectivity index (χ1) is 60.6. The quantitative estimate of drug-likeness (QED) is 0.0282. The van der Waals surface area contributed by atoms with Crippen LogP contribution in [-0.2, 0) is 80.0 Å². The SMILES string of the molecule is CC[C@H](C)[C@H](N)C1=N[C@H](C(=O)N[C@@H](CC(C)C)C(=O)N[C@H](CCC(=O)O)C(=O)N[C@H](C(=O)N[C@@H]2CCCCNC(=O)[C@H](CC(N)=O)NC(=O)[C@H](CC(=O)O)NC(=O)[C@H](Cc3cnc[nH]3)NC(=O)[C@@H](Cc3ccccc3)NC(=O)[C@H]([C@@H](C)CC)NC(=O)[C@@H](CCCN)NC2=O)[C@@H](C)CC)CS1.C[C@@H]1CN(c2c(F)c(N)c3c(=O)c(C(=O)O)cn(C4CC4)c3c2F)C[C@H](C)N1. The van der Waals surface area contributed by atoms with E-state index in [0.29, 0.717) is 29.4 Å². The second-order valence-corrected chi connectivity index (χ2v) is 34.8. The van der Waals surface area contributed by atoms with Crippen LogP contribution in [0.3, 0.4) is 0 Å². The van der Waals surface area contributed by atoms with Crippen molar-refractivity contribution in [3.05, 3.63) is 87.7 Å². The van der Waals surface area contributed by atoms with Crippen LogP contribution in [0.1, 0.15) is 193 Å². The van der Waals surface area contributed by atoms with Gasteiger partial charge in [-0.2, -0.15) is 0 Å². The average molecular weight is 1820 g/mol. The van der Waals surface area contributed by atoms with E-state index < -0.39 is 233 Å². The van der Waals surface area contributed by atoms with Crippen LogP contribution in [-0.4, -0.2) is 240 Å². The number of rotatable bonds is 34. The van der Waals surface area contributed by atoms with Crippen molar-refractivity contribution >= 4 is 128 Å². The van der Waals surface area contributed by atoms with E-state index in [0.717, 1.165) is 25.5 Å². The number of primary amides is 1. The lowest BCUT2D eigenvalue weighted by molar-refractivity contribution is -0.142. The number of aromatic carboxylic acids is 1. The molecule has 40 nitrogen and oxygen atoms in total. The first-order valence-electron chi connectivity index (χ1n) is 43.4. The second kappa shape index (κ2) is 49.0. The molecule has 2 saturated heterocycles. The number of thioether (sulfide) groups is 1. The number of nitrogen functional groups attached to an aromatic ring is 1. The molecule has 1 saturated carbocycles. The predicted molar refractivity (Wildman–Crippen MR) is 471 cm³/mol. The highest BCUT2D eigenvalue weighted by Crippen LogP contribution is 2.42. The number of nitrogens with one attached hydrogen (secondary N) is 13. The number of benzene rings is 2. The summed E-state index contributed by atoms with van der Waals surface area (Å²) >= 11 is 1.35. The van der Waals surface area contributed by atoms with Gasteiger partial charge in [0.15, 0.2) is 11.6 Å². The summed E-state index contributed by atoms with van der Waals surface area (Å²) in [6.07, 6.45) is 2.97. The maximum absolute atomic E-state index is 15.6. The molecule has 1 aliphatic carbocycles. The Bertz CT molecular complexity index is 4700. The van der Waals surface area contributed by atoms with Gasteiger partial charge in [-0.3, -0.25) is 76.9 Å². The number of carboxylic acids is 3. The molecule has 5 heterocycles. The van der Waals surface area contributed by atoms with Crippen LogP contribution in [0.5, 0.6) is 0 Å². The number of nitrogens with two attached hydrogens (primary N) is 4. The number of anilines is 2. The zero-order valence-electron chi connectivity index (χ0n) is 73.8. The number of nitrogens with zero attached hydrogens (tertiary/aromatic N) is 4. The molecular weight excluding hydrogens is 1690 g/mol. The number of H-pyrrole nitrogens is 1. The van der Waals surface area contributed by atoms with Crippen molar-refractivity contribution in [2.24, 2.45) is 45.9 Å². The number of hydrogen-bond acceptors (Lipinski definition) is 24. The molecule has 0 unspecified atom stereocenters. The van der Waals surface area contributed by atoms with E-state index in [1.807, 2.05) is 41.5 Å². The number of imidazole rings is 1. The molecule has 0 bridgehead atoms. The normalized spacial score (nSPS) is 23.0. The molecule has 704 valence electrons. The lowest BCUT2D eigenvalue weighted by Crippen LogP contribution is -2.62. The molecule has 0 spiro atoms. The Hall–Kier alpha value is -11.7. The first-order valence-corrected chi connectivity index (χ1v) is 44.4. The van der Waals surface area contributed by atoms with E-state index in [1.165, 1.54) is 28.9 Å². The van der Waals surface area contributed by atoms with E-state index in [2.05, 4.69) is 78.8 Å². The number of carbonyl (C=O) groups excluding carboxylic acids is 12. The van der Waals surface area contributed by atoms with Crippen molar-refractivity contribution < 1.29 is 96.0 Å². The van der Waals surface area contributed by atoms with Crippen molar-refractivity contribution in [3.8, 4) is 0 Å². The van der Waals surface area contributed by atoms with E-state index in [4.69, 9.17) is 22.9 Å². The van der Waals surface area contributed by atoms with Crippen molar-refractivity contribution in [1.82, 2.24) is 78.3 Å². The lowest BCUT2D eigenvalue weighted by atomic mass is 9.96. The zero-order valence-corrected chi connectivity index (χ0v) is 74.6. The maximum Gasteiger partial charge on any atom is 0.341 e. The minimum absolute atomic E-state index is 0.00117. The minimum atomic E-state index is -1.94. The van der Waals surface area contributed by atoms with E-state index in [-0.39, 0.29) is 124 Å². The summed E-state index contributed by atoms with van der Waals surface area (Å²) in [5.74, 6) is -18.7. The van der Waals surface area contributed by atoms with Crippen LogP contribution in [0.25, 0.3) is 10.9 Å². The average Bonchev–Trinajstić information content (AvgIpc) is 1.27. The fourth-order valence-electron chi connectivity index (χ4n) is 15.0. The molecule has 3 aliphatic heterocycles. The number of aliphatic imine (C=N–C) groups is 1. The second-order valence-electron chi connectivity index (χ2n) is 33.8. The maximum atomic E-state index is 15.6. The number of carbonyl (C=O) groups is 15. The summed E-state index contributed by atoms with van der Waals surface area (Å²) < 4.78 is 32.2. The van der Waals surface area contributed by atoms with Crippen LogP contribution in [0, 0.1) is 35.3 Å². The third kappa shape index (κ3) is 29.7. The Labute approximate surface area is 744 Å². The van der Waals surface area contributed by atoms with Crippen molar-refractivity contribution in [1.29, 1.82) is 0 Å². The van der Waals surface area contributed by atoms with Crippen molar-refractivity contribution in [2.45, 2.75) is 269 Å². The standard InChI is InChI=1S/C66H103N17O16S.C19H22F2N4O3/c1-9-35(6)52(69)66-81-48(32-100-66)63(97)76-43(26-34(4)5)59(93)74-42(22-23-50(85)86)58(92)83-53(36(7)10-2)64(98)75-40-20-15-16-25-71-55(89)46(29-49(68)84)78-62(96)47(30-51(87)88)79-61(95)45(28-39-31-70-33-72-39)77-60(94)44(27-38-18-13-12-14-19-38)80-65(99)54(37(8)11-3)82-57(91)41(21-17-24-67)73-56(40)90;1-8-5-24(6-9(2)23-8)17-13(20)15(22)12-16(14(17)21)25(10-3-4-10)7-11(18(12)26)19(27)28/h12-14,18-19,31,33-37,40-48,52-54H,9-11,15-17,20-30,32,67,69H2,1-8H3,(H2,68,84)(H,70,72)(H,71,89)(H,73,90)(H,74,93)(H,75,98)(H,76,97)(H,77,94)(H,78,96)(H,79,95)(H,80,99)(H,82,91)(H,83,92)(H,85,86)(H,87,88);7-10,23H,3-6,22H2,1-2H3,(H,27,28)/t35-,36-,37-,40+,41+,42+,43-,44+,45-,46-,47-,48-,52-,53-,54-;8-,9+/m0./s1. The highest BCUT2D eigenvalue weighted by Gasteiger charge is 2.42. The van der Waals surface area contributed by atoms with Gasteiger partial charge in [0.05, 0.1) is 46.8 Å². The highest BCUT2D eigenvalue weighted by atomic mass is 32.2. The third-order valence-electron chi connectivity index (χ3n) is 22.9. The number of hydrogen-bond donors (Lipinski definition) is 20. The summed E-state index contributed by atoms with van der Waals surface area (Å²) in [5, 5.41) is 61.3. The van der Waals surface area contributed by atoms with Gasteiger partial charge in [-0.05, 0) is 107 Å². The zero-order chi connectivity index (χ0) is 94.7. The Morgan fingerprint density at radius 1 is 0.672 bits per heavy atom. The van der Waals surface area contributed by atoms with Gasteiger partial charge < -0.3 is 117 Å². The number of aliphatic carboxylic acids is 2. The fourth-order valence-corrected chi connectivity index (χ4v) is 16.2. The summed E-state index contributed by atoms with van der Waals surface area (Å²) in [5.41, 5.74) is 22.2. The summed E-state index contributed by atoms with van der Waals surface area (Å²) in [4.78, 5) is 232. The molecule has 4 aliphatic rings. The van der Waals surface area contributed by atoms with Gasteiger partial charge in [-0.25, -0.2) is 18.6 Å². The smallest absolute Gasteiger partial charge is 0.341 e. The van der Waals surface area contributed by atoms with E-state index >= 15 is 8.78 Å². The monoisotopic (exact) mass is 1810 g/mol. The van der Waals surface area contributed by atoms with Gasteiger partial charge in [0.2, 0.25) is 76.3 Å². The molecule has 2 aromatic heterocycles. The third-order valence-corrected chi connectivity index (χ3v) is 24.0. The number of amides is 12. The minimum Gasteiger partial charge on any atom is -0.481 e. The van der Waals surface area contributed by atoms with E-state index in [1.54, 1.807) is 62.9 Å². The Balaban J connectivity index is 0.000000668. The number of halogens is 2. The Morgan fingerprint density at radius 3 is 1.85 bits per heavy atom. The summed E-state index contributed by atoms with van der Waals surface area (Å²) in [7, 11) is 0. The molecule has 128 heavy (non-hydrogen) atoms. The molecule has 24 N–H and O–H groups in total. The van der Waals surface area contributed by atoms with Gasteiger partial charge in [-0.1, -0.05) is 105 Å². The van der Waals surface area contributed by atoms with Crippen molar-refractivity contribution in [3.63, 3.8) is 0 Å². The molecule has 4 aromatic rings. The molecule has 43 heteroatoms. The van der Waals surface area contributed by atoms with Crippen LogP contribution in [0.15, 0.2) is 58.8 Å². The van der Waals surface area contributed by atoms with Crippen molar-refractivity contribution in [2.75, 3.05) is 42.6 Å². The van der Waals surface area contributed by atoms with Gasteiger partial charge in [0.25, 0.3) is 0 Å². The Morgan fingerprint density at radius 2 is 1.27 bits per heavy atom. The summed E-state index contributed by atoms with van der Waals surface area (Å²) in [6.45, 7) is 18.7. The van der Waals surface area contributed by atoms with Crippen LogP contribution < -0.4 is 97.1 Å². The number of carboxylic acid groups (broad SMARTS) is 3. The number of pyridine rings is 1. The molecule has 17 atom stereocenters. The summed E-state index contributed by atoms with van der Waals surface area (Å²) in [6, 6.07) is -8.45. The van der Waals surface area contributed by atoms with Gasteiger partial charge in [0, 0.05) is 80.9 Å². The highest BCUT2D eigenvalue weighted by molar-refractivity contribution is 8.14. The van der Waals surface area contributed by atoms with Crippen LogP contribution in [0.2, 0.25) is 0 Å². The molecular formula is C85H125F2N21O19S. The number of piperazine rings is 1. The van der Waals surface area contributed by atoms with Gasteiger partial charge >= 0.3 is 17.9 Å². The lowest BCUT2D eigenvalue weighted by Gasteiger charge is -2.38. The van der Waals surface area contributed by atoms with Gasteiger partial charge in [-0.15, -0.1) is 11.8 Å². The largest absolute Gasteiger partial charge is 0.481 e. The molecule has 12 amide bonds. The molecule has 8 rings (SSSR count). The molecule has 2 aromatic carbocycles. The van der Waals surface area contributed by atoms with Gasteiger partial charge in [0.1, 0.15) is 77.7 Å².